The molecule has 0 unspecified atom stereocenters. The Morgan fingerprint density at radius 1 is 1.08 bits per heavy atom. The molecule has 1 aromatic heterocycles. The molecule has 3 aromatic rings. The molecule has 1 amide bonds. The van der Waals surface area contributed by atoms with Crippen LogP contribution in [0.2, 0.25) is 10.0 Å². The van der Waals surface area contributed by atoms with Crippen LogP contribution in [0.5, 0.6) is 0 Å². The lowest BCUT2D eigenvalue weighted by atomic mass is 10.2. The quantitative estimate of drug-likeness (QED) is 0.610. The number of hydrogen-bond donors (Lipinski definition) is 1. The first-order valence-corrected chi connectivity index (χ1v) is 9.09. The van der Waals surface area contributed by atoms with Gasteiger partial charge in [0, 0.05) is 16.6 Å². The molecule has 0 saturated heterocycles. The number of aromatic nitrogens is 1. The van der Waals surface area contributed by atoms with Gasteiger partial charge in [0.1, 0.15) is 5.01 Å². The SMILES string of the molecule is O=C(COC(=O)c1csc(-c2ccccc2)n1)Nc1ccc(Cl)c(Cl)c1. The van der Waals surface area contributed by atoms with Gasteiger partial charge in [-0.2, -0.15) is 0 Å². The number of nitrogens with one attached hydrogen (secondary N) is 1. The molecule has 8 heteroatoms. The highest BCUT2D eigenvalue weighted by Crippen LogP contribution is 2.25. The first-order valence-electron chi connectivity index (χ1n) is 7.46. The van der Waals surface area contributed by atoms with Crippen molar-refractivity contribution in [1.82, 2.24) is 4.98 Å². The zero-order valence-corrected chi connectivity index (χ0v) is 15.6. The number of rotatable bonds is 5. The Kier molecular flexibility index (Phi) is 5.88. The van der Waals surface area contributed by atoms with Gasteiger partial charge in [-0.15, -0.1) is 11.3 Å². The zero-order valence-electron chi connectivity index (χ0n) is 13.2. The Hall–Kier alpha value is -2.41. The molecule has 0 atom stereocenters. The van der Waals surface area contributed by atoms with E-state index in [0.29, 0.717) is 20.7 Å². The predicted molar refractivity (Wildman–Crippen MR) is 103 cm³/mol. The number of esters is 1. The van der Waals surface area contributed by atoms with E-state index in [9.17, 15) is 9.59 Å². The Morgan fingerprint density at radius 3 is 2.58 bits per heavy atom. The molecule has 0 spiro atoms. The van der Waals surface area contributed by atoms with Gasteiger partial charge in [0.25, 0.3) is 5.91 Å². The van der Waals surface area contributed by atoms with E-state index in [4.69, 9.17) is 27.9 Å². The maximum Gasteiger partial charge on any atom is 0.358 e. The number of nitrogens with zero attached hydrogens (tertiary/aromatic N) is 1. The number of halogens is 2. The van der Waals surface area contributed by atoms with Crippen molar-refractivity contribution >= 4 is 52.1 Å². The molecule has 1 heterocycles. The fraction of sp³-hybridized carbons (Fsp3) is 0.0556. The van der Waals surface area contributed by atoms with E-state index < -0.39 is 18.5 Å². The third-order valence-electron chi connectivity index (χ3n) is 3.27. The summed E-state index contributed by atoms with van der Waals surface area (Å²) in [6.45, 7) is -0.433. The summed E-state index contributed by atoms with van der Waals surface area (Å²) >= 11 is 13.0. The van der Waals surface area contributed by atoms with Gasteiger partial charge in [-0.05, 0) is 18.2 Å². The molecule has 132 valence electrons. The average Bonchev–Trinajstić information content (AvgIpc) is 3.14. The van der Waals surface area contributed by atoms with Crippen LogP contribution in [-0.4, -0.2) is 23.5 Å². The maximum absolute atomic E-state index is 12.0. The smallest absolute Gasteiger partial charge is 0.358 e. The van der Waals surface area contributed by atoms with Crippen LogP contribution in [0.4, 0.5) is 5.69 Å². The minimum Gasteiger partial charge on any atom is -0.451 e. The van der Waals surface area contributed by atoms with Crippen molar-refractivity contribution in [2.24, 2.45) is 0 Å². The van der Waals surface area contributed by atoms with Gasteiger partial charge in [0.05, 0.1) is 10.0 Å². The standard InChI is InChI=1S/C18H12Cl2N2O3S/c19-13-7-6-12(8-14(13)20)21-16(23)9-25-18(24)15-10-26-17(22-15)11-4-2-1-3-5-11/h1-8,10H,9H2,(H,21,23). The lowest BCUT2D eigenvalue weighted by Crippen LogP contribution is -2.21. The zero-order chi connectivity index (χ0) is 18.5. The summed E-state index contributed by atoms with van der Waals surface area (Å²) in [7, 11) is 0. The van der Waals surface area contributed by atoms with E-state index in [1.807, 2.05) is 30.3 Å². The summed E-state index contributed by atoms with van der Waals surface area (Å²) in [5.74, 6) is -1.15. The van der Waals surface area contributed by atoms with Crippen LogP contribution in [0.15, 0.2) is 53.9 Å². The minimum atomic E-state index is -0.660. The number of benzene rings is 2. The lowest BCUT2D eigenvalue weighted by molar-refractivity contribution is -0.119. The second-order valence-electron chi connectivity index (χ2n) is 5.16. The fourth-order valence-corrected chi connectivity index (χ4v) is 3.15. The van der Waals surface area contributed by atoms with Gasteiger partial charge >= 0.3 is 5.97 Å². The van der Waals surface area contributed by atoms with Gasteiger partial charge in [-0.25, -0.2) is 9.78 Å². The number of carbonyl (C=O) groups is 2. The molecular weight excluding hydrogens is 395 g/mol. The second kappa shape index (κ2) is 8.31. The number of thiazole rings is 1. The minimum absolute atomic E-state index is 0.163. The number of anilines is 1. The highest BCUT2D eigenvalue weighted by molar-refractivity contribution is 7.13. The van der Waals surface area contributed by atoms with Gasteiger partial charge in [0.15, 0.2) is 12.3 Å². The molecule has 5 nitrogen and oxygen atoms in total. The van der Waals surface area contributed by atoms with Crippen molar-refractivity contribution in [2.45, 2.75) is 0 Å². The topological polar surface area (TPSA) is 68.3 Å². The molecule has 0 saturated carbocycles. The number of carbonyl (C=O) groups excluding carboxylic acids is 2. The van der Waals surface area contributed by atoms with Crippen LogP contribution in [0.25, 0.3) is 10.6 Å². The largest absolute Gasteiger partial charge is 0.451 e. The van der Waals surface area contributed by atoms with E-state index >= 15 is 0 Å². The van der Waals surface area contributed by atoms with E-state index in [-0.39, 0.29) is 5.69 Å². The van der Waals surface area contributed by atoms with Crippen molar-refractivity contribution < 1.29 is 14.3 Å². The summed E-state index contributed by atoms with van der Waals surface area (Å²) in [4.78, 5) is 28.2. The summed E-state index contributed by atoms with van der Waals surface area (Å²) in [6, 6.07) is 14.2. The predicted octanol–water partition coefficient (Wildman–Crippen LogP) is 4.91. The van der Waals surface area contributed by atoms with Crippen molar-refractivity contribution in [3.05, 3.63) is 69.7 Å². The monoisotopic (exact) mass is 406 g/mol. The molecule has 0 bridgehead atoms. The Labute approximate surface area is 163 Å². The van der Waals surface area contributed by atoms with Crippen LogP contribution < -0.4 is 5.32 Å². The van der Waals surface area contributed by atoms with Crippen LogP contribution in [0, 0.1) is 0 Å². The summed E-state index contributed by atoms with van der Waals surface area (Å²) in [5, 5.41) is 5.58. The highest BCUT2D eigenvalue weighted by Gasteiger charge is 2.15. The Morgan fingerprint density at radius 2 is 1.85 bits per heavy atom. The van der Waals surface area contributed by atoms with E-state index in [0.717, 1.165) is 5.56 Å². The molecular formula is C18H12Cl2N2O3S. The third kappa shape index (κ3) is 4.60. The van der Waals surface area contributed by atoms with Gasteiger partial charge in [-0.1, -0.05) is 53.5 Å². The lowest BCUT2D eigenvalue weighted by Gasteiger charge is -2.06. The highest BCUT2D eigenvalue weighted by atomic mass is 35.5. The first-order chi connectivity index (χ1) is 12.5. The van der Waals surface area contributed by atoms with Crippen molar-refractivity contribution in [3.63, 3.8) is 0 Å². The molecule has 26 heavy (non-hydrogen) atoms. The van der Waals surface area contributed by atoms with Crippen LogP contribution in [0.1, 0.15) is 10.5 Å². The average molecular weight is 407 g/mol. The molecule has 0 aliphatic carbocycles. The van der Waals surface area contributed by atoms with Crippen molar-refractivity contribution in [3.8, 4) is 10.6 Å². The molecule has 2 aromatic carbocycles. The van der Waals surface area contributed by atoms with Gasteiger partial charge < -0.3 is 10.1 Å². The molecule has 1 N–H and O–H groups in total. The van der Waals surface area contributed by atoms with Gasteiger partial charge in [0.2, 0.25) is 0 Å². The van der Waals surface area contributed by atoms with E-state index in [1.54, 1.807) is 17.5 Å². The third-order valence-corrected chi connectivity index (χ3v) is 4.90. The first kappa shape index (κ1) is 18.4. The van der Waals surface area contributed by atoms with Crippen LogP contribution >= 0.6 is 34.5 Å². The van der Waals surface area contributed by atoms with Crippen LogP contribution in [0.3, 0.4) is 0 Å². The summed E-state index contributed by atoms with van der Waals surface area (Å²) in [5.41, 5.74) is 1.53. The normalized spacial score (nSPS) is 10.4. The molecule has 0 aliphatic rings. The fourth-order valence-electron chi connectivity index (χ4n) is 2.06. The van der Waals surface area contributed by atoms with Gasteiger partial charge in [-0.3, -0.25) is 4.79 Å². The molecule has 0 aliphatic heterocycles. The summed E-state index contributed by atoms with van der Waals surface area (Å²) in [6.07, 6.45) is 0. The Balaban J connectivity index is 1.56. The molecule has 0 radical (unpaired) electrons. The molecule has 3 rings (SSSR count). The van der Waals surface area contributed by atoms with Crippen molar-refractivity contribution in [2.75, 3.05) is 11.9 Å². The maximum atomic E-state index is 12.0. The van der Waals surface area contributed by atoms with E-state index in [1.165, 1.54) is 17.4 Å². The number of ether oxygens (including phenoxy) is 1. The van der Waals surface area contributed by atoms with E-state index in [2.05, 4.69) is 10.3 Å². The van der Waals surface area contributed by atoms with Crippen molar-refractivity contribution in [1.29, 1.82) is 0 Å². The van der Waals surface area contributed by atoms with Crippen LogP contribution in [-0.2, 0) is 9.53 Å². The number of hydrogen-bond acceptors (Lipinski definition) is 5. The number of amides is 1. The Bertz CT molecular complexity index is 945. The molecule has 0 fully saturated rings. The second-order valence-corrected chi connectivity index (χ2v) is 6.83. The summed E-state index contributed by atoms with van der Waals surface area (Å²) < 4.78 is 5.00.